The number of para-hydroxylation sites is 2. The van der Waals surface area contributed by atoms with Gasteiger partial charge in [0.05, 0.1) is 11.7 Å². The van der Waals surface area contributed by atoms with Crippen LogP contribution in [0.4, 0.5) is 11.4 Å². The van der Waals surface area contributed by atoms with Gasteiger partial charge in [0.25, 0.3) is 11.8 Å². The number of carbonyl (C=O) groups excluding carboxylic acids is 2. The lowest BCUT2D eigenvalue weighted by atomic mass is 9.96. The topological polar surface area (TPSA) is 67.4 Å². The number of amides is 2. The molecule has 4 rings (SSSR count). The normalized spacial score (nSPS) is 13.2. The van der Waals surface area contributed by atoms with Crippen LogP contribution in [0.5, 0.6) is 5.75 Å². The monoisotopic (exact) mass is 386 g/mol. The lowest BCUT2D eigenvalue weighted by Gasteiger charge is -2.27. The first-order valence-electron chi connectivity index (χ1n) is 9.72. The second-order valence-corrected chi connectivity index (χ2v) is 7.02. The molecule has 1 saturated carbocycles. The first-order valence-corrected chi connectivity index (χ1v) is 9.72. The largest absolute Gasteiger partial charge is 0.490 e. The summed E-state index contributed by atoms with van der Waals surface area (Å²) < 4.78 is 5.93. The number of nitrogens with one attached hydrogen (secondary N) is 2. The molecule has 0 aromatic heterocycles. The highest BCUT2D eigenvalue weighted by molar-refractivity contribution is 6.07. The molecule has 0 aliphatic heterocycles. The molecule has 5 nitrogen and oxygen atoms in total. The lowest BCUT2D eigenvalue weighted by Crippen LogP contribution is -2.26. The molecular formula is C24H22N2O3. The number of rotatable bonds is 6. The van der Waals surface area contributed by atoms with Gasteiger partial charge in [0.1, 0.15) is 5.75 Å². The molecule has 1 aliphatic carbocycles. The van der Waals surface area contributed by atoms with Gasteiger partial charge in [0.2, 0.25) is 0 Å². The molecule has 146 valence electrons. The minimum atomic E-state index is -0.235. The van der Waals surface area contributed by atoms with Crippen LogP contribution in [-0.2, 0) is 0 Å². The number of carbonyl (C=O) groups is 2. The molecule has 1 aliphatic rings. The van der Waals surface area contributed by atoms with Crippen LogP contribution < -0.4 is 15.4 Å². The Balaban J connectivity index is 1.41. The Morgan fingerprint density at radius 2 is 1.34 bits per heavy atom. The highest BCUT2D eigenvalue weighted by Crippen LogP contribution is 2.28. The molecule has 3 aromatic rings. The zero-order chi connectivity index (χ0) is 20.1. The quantitative estimate of drug-likeness (QED) is 0.618. The van der Waals surface area contributed by atoms with E-state index in [0.717, 1.165) is 18.5 Å². The second kappa shape index (κ2) is 8.61. The standard InChI is InChI=1S/C24H22N2O3/c27-23(25-18-7-2-1-3-8-18)17-13-15-19(16-14-17)26-24(28)21-11-4-5-12-22(21)29-20-9-6-10-20/h1-5,7-8,11-16,20H,6,9-10H2,(H,25,27)(H,26,28). The predicted octanol–water partition coefficient (Wildman–Crippen LogP) is 5.12. The summed E-state index contributed by atoms with van der Waals surface area (Å²) in [5, 5.41) is 5.71. The van der Waals surface area contributed by atoms with Crippen LogP contribution in [-0.4, -0.2) is 17.9 Å². The third-order valence-corrected chi connectivity index (χ3v) is 4.91. The third kappa shape index (κ3) is 4.63. The first-order chi connectivity index (χ1) is 14.2. The molecule has 2 N–H and O–H groups in total. The van der Waals surface area contributed by atoms with E-state index in [-0.39, 0.29) is 17.9 Å². The smallest absolute Gasteiger partial charge is 0.259 e. The zero-order valence-corrected chi connectivity index (χ0v) is 15.9. The Morgan fingerprint density at radius 3 is 2.03 bits per heavy atom. The maximum absolute atomic E-state index is 12.7. The van der Waals surface area contributed by atoms with Crippen LogP contribution in [0.2, 0.25) is 0 Å². The summed E-state index contributed by atoms with van der Waals surface area (Å²) in [6.45, 7) is 0. The Hall–Kier alpha value is -3.60. The van der Waals surface area contributed by atoms with Gasteiger partial charge in [-0.05, 0) is 67.8 Å². The molecule has 2 amide bonds. The summed E-state index contributed by atoms with van der Waals surface area (Å²) in [4.78, 5) is 25.0. The SMILES string of the molecule is O=C(Nc1ccccc1)c1ccc(NC(=O)c2ccccc2OC2CCC2)cc1. The summed E-state index contributed by atoms with van der Waals surface area (Å²) in [7, 11) is 0. The molecule has 0 spiro atoms. The third-order valence-electron chi connectivity index (χ3n) is 4.91. The molecule has 29 heavy (non-hydrogen) atoms. The van der Waals surface area contributed by atoms with Crippen molar-refractivity contribution in [3.8, 4) is 5.75 Å². The van der Waals surface area contributed by atoms with Crippen LogP contribution in [0.25, 0.3) is 0 Å². The summed E-state index contributed by atoms with van der Waals surface area (Å²) in [6.07, 6.45) is 3.43. The van der Waals surface area contributed by atoms with Gasteiger partial charge in [0, 0.05) is 16.9 Å². The van der Waals surface area contributed by atoms with Crippen molar-refractivity contribution in [1.29, 1.82) is 0 Å². The van der Waals surface area contributed by atoms with E-state index in [1.807, 2.05) is 48.5 Å². The van der Waals surface area contributed by atoms with E-state index in [4.69, 9.17) is 4.74 Å². The maximum Gasteiger partial charge on any atom is 0.259 e. The van der Waals surface area contributed by atoms with Crippen molar-refractivity contribution >= 4 is 23.2 Å². The molecule has 5 heteroatoms. The van der Waals surface area contributed by atoms with Gasteiger partial charge in [-0.2, -0.15) is 0 Å². The predicted molar refractivity (Wildman–Crippen MR) is 113 cm³/mol. The average Bonchev–Trinajstić information content (AvgIpc) is 2.72. The van der Waals surface area contributed by atoms with Crippen molar-refractivity contribution < 1.29 is 14.3 Å². The number of anilines is 2. The summed E-state index contributed by atoms with van der Waals surface area (Å²) in [6, 6.07) is 23.3. The summed E-state index contributed by atoms with van der Waals surface area (Å²) >= 11 is 0. The van der Waals surface area contributed by atoms with Crippen LogP contribution in [0.3, 0.4) is 0 Å². The van der Waals surface area contributed by atoms with Crippen LogP contribution in [0.15, 0.2) is 78.9 Å². The number of hydrogen-bond acceptors (Lipinski definition) is 3. The minimum absolute atomic E-state index is 0.200. The molecular weight excluding hydrogens is 364 g/mol. The van der Waals surface area contributed by atoms with Gasteiger partial charge in [0.15, 0.2) is 0 Å². The van der Waals surface area contributed by atoms with E-state index >= 15 is 0 Å². The van der Waals surface area contributed by atoms with E-state index < -0.39 is 0 Å². The van der Waals surface area contributed by atoms with Crippen LogP contribution in [0, 0.1) is 0 Å². The van der Waals surface area contributed by atoms with Gasteiger partial charge in [-0.1, -0.05) is 30.3 Å². The van der Waals surface area contributed by atoms with Crippen LogP contribution in [0.1, 0.15) is 40.0 Å². The molecule has 0 saturated heterocycles. The van der Waals surface area contributed by atoms with E-state index in [1.165, 1.54) is 6.42 Å². The van der Waals surface area contributed by atoms with Crippen molar-refractivity contribution in [1.82, 2.24) is 0 Å². The summed E-state index contributed by atoms with van der Waals surface area (Å²) in [5.41, 5.74) is 2.37. The second-order valence-electron chi connectivity index (χ2n) is 7.02. The van der Waals surface area contributed by atoms with Gasteiger partial charge in [-0.15, -0.1) is 0 Å². The zero-order valence-electron chi connectivity index (χ0n) is 15.9. The van der Waals surface area contributed by atoms with Gasteiger partial charge in [-0.3, -0.25) is 9.59 Å². The molecule has 0 atom stereocenters. The van der Waals surface area contributed by atoms with E-state index in [9.17, 15) is 9.59 Å². The van der Waals surface area contributed by atoms with E-state index in [1.54, 1.807) is 30.3 Å². The van der Waals surface area contributed by atoms with Gasteiger partial charge >= 0.3 is 0 Å². The Morgan fingerprint density at radius 1 is 0.724 bits per heavy atom. The van der Waals surface area contributed by atoms with Gasteiger partial charge in [-0.25, -0.2) is 0 Å². The van der Waals surface area contributed by atoms with E-state index in [2.05, 4.69) is 10.6 Å². The number of benzene rings is 3. The van der Waals surface area contributed by atoms with Crippen molar-refractivity contribution in [3.63, 3.8) is 0 Å². The number of hydrogen-bond donors (Lipinski definition) is 2. The fourth-order valence-electron chi connectivity index (χ4n) is 3.05. The lowest BCUT2D eigenvalue weighted by molar-refractivity contribution is 0.0990. The Labute approximate surface area is 169 Å². The van der Waals surface area contributed by atoms with Crippen molar-refractivity contribution in [2.45, 2.75) is 25.4 Å². The molecule has 0 bridgehead atoms. The fourth-order valence-corrected chi connectivity index (χ4v) is 3.05. The molecule has 0 heterocycles. The first kappa shape index (κ1) is 18.7. The van der Waals surface area contributed by atoms with E-state index in [0.29, 0.717) is 22.6 Å². The fraction of sp³-hybridized carbons (Fsp3) is 0.167. The average molecular weight is 386 g/mol. The molecule has 0 unspecified atom stereocenters. The summed E-state index contributed by atoms with van der Waals surface area (Å²) in [5.74, 6) is 0.170. The van der Waals surface area contributed by atoms with Crippen molar-refractivity contribution in [3.05, 3.63) is 90.0 Å². The molecule has 1 fully saturated rings. The highest BCUT2D eigenvalue weighted by atomic mass is 16.5. The molecule has 3 aromatic carbocycles. The van der Waals surface area contributed by atoms with Crippen molar-refractivity contribution in [2.75, 3.05) is 10.6 Å². The molecule has 0 radical (unpaired) electrons. The highest BCUT2D eigenvalue weighted by Gasteiger charge is 2.22. The Kier molecular flexibility index (Phi) is 5.56. The minimum Gasteiger partial charge on any atom is -0.490 e. The maximum atomic E-state index is 12.7. The van der Waals surface area contributed by atoms with Gasteiger partial charge < -0.3 is 15.4 Å². The van der Waals surface area contributed by atoms with Crippen molar-refractivity contribution in [2.24, 2.45) is 0 Å². The number of ether oxygens (including phenoxy) is 1. The Bertz CT molecular complexity index is 996. The van der Waals surface area contributed by atoms with Crippen LogP contribution >= 0.6 is 0 Å².